The minimum absolute atomic E-state index is 0.0195. The van der Waals surface area contributed by atoms with Crippen LogP contribution in [0, 0.1) is 0 Å². The maximum atomic E-state index is 12.2. The van der Waals surface area contributed by atoms with Crippen molar-refractivity contribution in [3.63, 3.8) is 0 Å². The average molecular weight is 859 g/mol. The van der Waals surface area contributed by atoms with E-state index in [1.54, 1.807) is 27.7 Å². The predicted octanol–water partition coefficient (Wildman–Crippen LogP) is 2.96. The molecule has 2 fully saturated rings. The molecule has 20 nitrogen and oxygen atoms in total. The number of hydrogen-bond donors (Lipinski definition) is 1. The van der Waals surface area contributed by atoms with E-state index in [-0.39, 0.29) is 61.6 Å². The van der Waals surface area contributed by atoms with Gasteiger partial charge < -0.3 is 28.3 Å². The number of ether oxygens (including phenoxy) is 1. The number of imide groups is 2. The zero-order chi connectivity index (χ0) is 42.5. The molecule has 1 aromatic heterocycles. The van der Waals surface area contributed by atoms with Gasteiger partial charge in [0.15, 0.2) is 12.3 Å². The number of rotatable bonds is 18. The van der Waals surface area contributed by atoms with Crippen LogP contribution in [0.1, 0.15) is 82.9 Å². The van der Waals surface area contributed by atoms with E-state index >= 15 is 0 Å². The van der Waals surface area contributed by atoms with E-state index < -0.39 is 65.6 Å². The highest BCUT2D eigenvalue weighted by Crippen LogP contribution is 2.40. The quantitative estimate of drug-likeness (QED) is 0.0833. The van der Waals surface area contributed by atoms with Gasteiger partial charge in [0.25, 0.3) is 39.3 Å². The first-order valence-corrected chi connectivity index (χ1v) is 21.3. The number of anilines is 1. The molecule has 0 saturated carbocycles. The van der Waals surface area contributed by atoms with Crippen molar-refractivity contribution in [2.45, 2.75) is 93.4 Å². The van der Waals surface area contributed by atoms with E-state index in [4.69, 9.17) is 18.8 Å². The van der Waals surface area contributed by atoms with E-state index in [1.807, 2.05) is 0 Å². The highest BCUT2D eigenvalue weighted by atomic mass is 32.2. The molecule has 314 valence electrons. The van der Waals surface area contributed by atoms with Gasteiger partial charge in [0.2, 0.25) is 11.5 Å². The fourth-order valence-corrected chi connectivity index (χ4v) is 7.43. The summed E-state index contributed by atoms with van der Waals surface area (Å²) in [6.07, 6.45) is 7.21. The van der Waals surface area contributed by atoms with Crippen LogP contribution < -0.4 is 14.2 Å². The fourth-order valence-electron chi connectivity index (χ4n) is 6.45. The van der Waals surface area contributed by atoms with Crippen molar-refractivity contribution < 1.29 is 78.1 Å². The number of fused-ring (bicyclic) bond motifs is 2. The van der Waals surface area contributed by atoms with Crippen LogP contribution in [0.2, 0.25) is 0 Å². The Morgan fingerprint density at radius 3 is 1.93 bits per heavy atom. The maximum absolute atomic E-state index is 12.2. The van der Waals surface area contributed by atoms with Gasteiger partial charge in [-0.3, -0.25) is 23.7 Å². The number of carbonyl (C=O) groups is 6. The van der Waals surface area contributed by atoms with Crippen LogP contribution in [0.3, 0.4) is 0 Å². The normalized spacial score (nSPS) is 16.6. The Morgan fingerprint density at radius 1 is 0.780 bits per heavy atom. The Morgan fingerprint density at radius 2 is 1.36 bits per heavy atom. The van der Waals surface area contributed by atoms with Crippen molar-refractivity contribution >= 4 is 78.7 Å². The van der Waals surface area contributed by atoms with Gasteiger partial charge in [-0.25, -0.2) is 18.0 Å². The Balaban J connectivity index is 1.14. The zero-order valence-electron chi connectivity index (χ0n) is 31.3. The molecule has 1 N–H and O–H groups in total. The van der Waals surface area contributed by atoms with Crippen LogP contribution in [0.25, 0.3) is 17.2 Å². The molecule has 3 aliphatic rings. The van der Waals surface area contributed by atoms with Crippen molar-refractivity contribution in [2.75, 3.05) is 11.4 Å². The molecule has 0 bridgehead atoms. The number of hydroxylamine groups is 4. The van der Waals surface area contributed by atoms with Crippen molar-refractivity contribution in [3.8, 4) is 5.75 Å². The summed E-state index contributed by atoms with van der Waals surface area (Å²) in [5.41, 5.74) is 1.08. The lowest BCUT2D eigenvalue weighted by Crippen LogP contribution is -2.35. The third-order valence-corrected chi connectivity index (χ3v) is 11.1. The van der Waals surface area contributed by atoms with Crippen molar-refractivity contribution in [2.24, 2.45) is 0 Å². The number of unbranched alkanes of at least 4 members (excludes halogenated alkanes) is 4. The molecule has 0 atom stereocenters. The summed E-state index contributed by atoms with van der Waals surface area (Å²) in [5, 5.41) is 0.974. The van der Waals surface area contributed by atoms with Crippen molar-refractivity contribution in [1.29, 1.82) is 0 Å². The Bertz CT molecular complexity index is 2460. The van der Waals surface area contributed by atoms with E-state index in [1.165, 1.54) is 24.3 Å². The molecule has 4 heterocycles. The van der Waals surface area contributed by atoms with Crippen LogP contribution in [-0.4, -0.2) is 78.2 Å². The third-order valence-electron chi connectivity index (χ3n) is 9.39. The second kappa shape index (κ2) is 17.9. The van der Waals surface area contributed by atoms with Crippen LogP contribution in [0.15, 0.2) is 68.6 Å². The zero-order valence-corrected chi connectivity index (χ0v) is 32.9. The molecule has 22 heteroatoms. The highest BCUT2D eigenvalue weighted by molar-refractivity contribution is 7.86. The van der Waals surface area contributed by atoms with Crippen molar-refractivity contribution in [3.05, 3.63) is 60.3 Å². The summed E-state index contributed by atoms with van der Waals surface area (Å²) in [4.78, 5) is 82.0. The summed E-state index contributed by atoms with van der Waals surface area (Å²) in [5.74, 6) is -3.18. The monoisotopic (exact) mass is 858 g/mol. The van der Waals surface area contributed by atoms with Gasteiger partial charge in [-0.15, -0.1) is 10.1 Å². The molecule has 4 amide bonds. The summed E-state index contributed by atoms with van der Waals surface area (Å²) in [7, 11) is -9.36. The first-order chi connectivity index (χ1) is 28.0. The number of hydrogen-bond acceptors (Lipinski definition) is 16. The Hall–Kier alpha value is -5.97. The molecule has 3 aliphatic heterocycles. The smallest absolute Gasteiger partial charge is 0.374 e. The van der Waals surface area contributed by atoms with E-state index in [2.05, 4.69) is 0 Å². The number of nitrogens with zero attached hydrogens (tertiary/aromatic N) is 4. The lowest BCUT2D eigenvalue weighted by molar-refractivity contribution is -0.678. The number of carbonyl (C=O) groups excluding carboxylic acids is 6. The molecule has 0 radical (unpaired) electrons. The van der Waals surface area contributed by atoms with Crippen LogP contribution in [0.5, 0.6) is 5.75 Å². The van der Waals surface area contributed by atoms with E-state index in [0.717, 1.165) is 12.1 Å². The number of oxazole rings is 1. The molecule has 0 spiro atoms. The van der Waals surface area contributed by atoms with Gasteiger partial charge >= 0.3 is 17.8 Å². The summed E-state index contributed by atoms with van der Waals surface area (Å²) < 4.78 is 82.2. The number of allylic oxidation sites excluding steroid dienone is 2. The molecule has 0 unspecified atom stereocenters. The molecule has 2 aromatic carbocycles. The molecule has 0 aliphatic carbocycles. The molecule has 2 saturated heterocycles. The van der Waals surface area contributed by atoms with Gasteiger partial charge in [-0.2, -0.15) is 13.0 Å². The minimum atomic E-state index is -4.80. The maximum Gasteiger partial charge on any atom is 0.374 e. The third kappa shape index (κ3) is 10.4. The second-order valence-electron chi connectivity index (χ2n) is 13.6. The molecule has 59 heavy (non-hydrogen) atoms. The molecular formula is C37H38N4O16S2. The minimum Gasteiger partial charge on any atom is -0.744 e. The highest BCUT2D eigenvalue weighted by Gasteiger charge is 2.34. The van der Waals surface area contributed by atoms with Gasteiger partial charge in [0, 0.05) is 69.7 Å². The van der Waals surface area contributed by atoms with Gasteiger partial charge in [-0.05, 0) is 56.0 Å². The topological polar surface area (TPSA) is 268 Å². The number of amides is 4. The predicted molar refractivity (Wildman–Crippen MR) is 197 cm³/mol. The standard InChI is InChI=1S/C37H38N4O16S2/c42-30-16-17-31(43)40(30)56-36(46)10-3-1-5-20-38-26-14-12-24(58(48,49)50)22-28(26)54-34(38)8-7-9-35-39(27-15-13-25(59(51,52)53)23-29(27)55-35)21-6-2-4-11-37(47)57-41-32(44)18-19-33(41)45/h7-9,12-15,22-23H,1-6,10-11,16-21H2,(H-,48,49,50,51,52,53). The average Bonchev–Trinajstić information content (AvgIpc) is 3.90. The lowest BCUT2D eigenvalue weighted by Gasteiger charge is -2.18. The number of benzene rings is 2. The van der Waals surface area contributed by atoms with Crippen molar-refractivity contribution in [1.82, 2.24) is 10.1 Å². The van der Waals surface area contributed by atoms with Gasteiger partial charge in [0.1, 0.15) is 10.1 Å². The largest absolute Gasteiger partial charge is 0.744 e. The molecule has 3 aromatic rings. The first-order valence-electron chi connectivity index (χ1n) is 18.5. The molecule has 6 rings (SSSR count). The SMILES string of the molecule is O=C(CCCCCN1C(=CC=Cc2oc3cc(S(=O)(=O)O)ccc3[n+]2CCCCCC(=O)ON2C(=O)CCC2=O)Oc2cc(S(=O)(=O)[O-])ccc21)ON1C(=O)CCC1=O. The summed E-state index contributed by atoms with van der Waals surface area (Å²) in [6, 6.07) is 7.54. The Labute approximate surface area is 337 Å². The van der Waals surface area contributed by atoms with Gasteiger partial charge in [-0.1, -0.05) is 6.42 Å². The van der Waals surface area contributed by atoms with E-state index in [0.29, 0.717) is 72.9 Å². The lowest BCUT2D eigenvalue weighted by atomic mass is 10.2. The fraction of sp³-hybridized carbons (Fsp3) is 0.378. The van der Waals surface area contributed by atoms with Crippen LogP contribution in [-0.2, 0) is 65.2 Å². The van der Waals surface area contributed by atoms with Crippen LogP contribution in [0.4, 0.5) is 5.69 Å². The second-order valence-corrected chi connectivity index (χ2v) is 16.4. The number of aryl methyl sites for hydroxylation is 1. The van der Waals surface area contributed by atoms with E-state index in [9.17, 15) is 54.7 Å². The summed E-state index contributed by atoms with van der Waals surface area (Å²) in [6.45, 7) is 0.640. The molecular weight excluding hydrogens is 821 g/mol. The van der Waals surface area contributed by atoms with Gasteiger partial charge in [0.05, 0.1) is 21.6 Å². The first kappa shape index (κ1) is 42.6. The summed E-state index contributed by atoms with van der Waals surface area (Å²) >= 11 is 0. The Kier molecular flexibility index (Phi) is 12.9. The van der Waals surface area contributed by atoms with Crippen LogP contribution >= 0.6 is 0 Å². The number of aromatic nitrogens is 1.